The van der Waals surface area contributed by atoms with E-state index < -0.39 is 11.6 Å². The third-order valence-electron chi connectivity index (χ3n) is 7.97. The molecule has 44 heavy (non-hydrogen) atoms. The van der Waals surface area contributed by atoms with E-state index in [1.807, 2.05) is 12.3 Å². The first kappa shape index (κ1) is 28.6. The summed E-state index contributed by atoms with van der Waals surface area (Å²) in [6.45, 7) is 3.59. The van der Waals surface area contributed by atoms with Gasteiger partial charge in [0.05, 0.1) is 47.7 Å². The maximum atomic E-state index is 14.6. The molecule has 1 aromatic carbocycles. The first-order valence-electron chi connectivity index (χ1n) is 14.5. The van der Waals surface area contributed by atoms with Crippen LogP contribution >= 0.6 is 11.6 Å². The van der Waals surface area contributed by atoms with Crippen LogP contribution in [0.5, 0.6) is 5.88 Å². The van der Waals surface area contributed by atoms with E-state index in [2.05, 4.69) is 39.8 Å². The Kier molecular flexibility index (Phi) is 7.87. The highest BCUT2D eigenvalue weighted by molar-refractivity contribution is 6.30. The minimum atomic E-state index is -0.647. The number of imidazole rings is 1. The summed E-state index contributed by atoms with van der Waals surface area (Å²) in [4.78, 5) is 21.7. The molecule has 0 radical (unpaired) electrons. The van der Waals surface area contributed by atoms with Crippen LogP contribution in [-0.2, 0) is 31.3 Å². The summed E-state index contributed by atoms with van der Waals surface area (Å²) in [7, 11) is 1.77. The first-order valence-corrected chi connectivity index (χ1v) is 14.9. The smallest absolute Gasteiger partial charge is 0.356 e. The van der Waals surface area contributed by atoms with Gasteiger partial charge in [0.25, 0.3) is 5.88 Å². The number of aromatic amines is 1. The van der Waals surface area contributed by atoms with E-state index >= 15 is 0 Å². The fourth-order valence-corrected chi connectivity index (χ4v) is 5.66. The number of piperidine rings is 1. The van der Waals surface area contributed by atoms with Crippen molar-refractivity contribution >= 4 is 22.6 Å². The summed E-state index contributed by atoms with van der Waals surface area (Å²) in [5, 5.41) is 11.6. The zero-order chi connectivity index (χ0) is 30.2. The summed E-state index contributed by atoms with van der Waals surface area (Å²) in [5.41, 5.74) is 2.77. The topological polar surface area (TPSA) is 124 Å². The van der Waals surface area contributed by atoms with Crippen LogP contribution < -0.4 is 9.53 Å². The molecule has 2 fully saturated rings. The van der Waals surface area contributed by atoms with Crippen molar-refractivity contribution in [2.75, 3.05) is 19.7 Å². The van der Waals surface area contributed by atoms with E-state index in [0.717, 1.165) is 49.2 Å². The van der Waals surface area contributed by atoms with Gasteiger partial charge in [-0.25, -0.2) is 19.3 Å². The number of ether oxygens (including phenoxy) is 2. The molecule has 0 unspecified atom stereocenters. The summed E-state index contributed by atoms with van der Waals surface area (Å²) in [6.07, 6.45) is 5.30. The molecule has 4 aromatic heterocycles. The third kappa shape index (κ3) is 6.10. The lowest BCUT2D eigenvalue weighted by molar-refractivity contribution is -0.783. The summed E-state index contributed by atoms with van der Waals surface area (Å²) < 4.78 is 42.8. The van der Waals surface area contributed by atoms with Gasteiger partial charge in [-0.15, -0.1) is 0 Å². The van der Waals surface area contributed by atoms with Crippen LogP contribution in [-0.4, -0.2) is 76.7 Å². The molecule has 0 spiro atoms. The summed E-state index contributed by atoms with van der Waals surface area (Å²) in [6, 6.07) is 6.30. The van der Waals surface area contributed by atoms with E-state index in [4.69, 9.17) is 26.1 Å². The average Bonchev–Trinajstić information content (AvgIpc) is 3.57. The Hall–Kier alpha value is -4.14. The van der Waals surface area contributed by atoms with Crippen molar-refractivity contribution in [2.45, 2.75) is 51.0 Å². The van der Waals surface area contributed by atoms with Gasteiger partial charge in [0, 0.05) is 31.1 Å². The Morgan fingerprint density at radius 1 is 1.09 bits per heavy atom. The number of likely N-dealkylation sites (tertiary alicyclic amines) is 1. The second-order valence-electron chi connectivity index (χ2n) is 11.1. The number of nitrogens with one attached hydrogen (secondary N) is 1. The molecule has 0 amide bonds. The van der Waals surface area contributed by atoms with Gasteiger partial charge in [0.2, 0.25) is 5.82 Å². The molecule has 228 valence electrons. The van der Waals surface area contributed by atoms with Crippen molar-refractivity contribution < 1.29 is 23.1 Å². The van der Waals surface area contributed by atoms with Crippen molar-refractivity contribution in [1.29, 1.82) is 0 Å². The maximum absolute atomic E-state index is 14.6. The molecule has 1 N–H and O–H groups in total. The second kappa shape index (κ2) is 12.1. The number of rotatable bonds is 9. The number of hydrogen-bond acceptors (Lipinski definition) is 9. The molecule has 15 heteroatoms. The van der Waals surface area contributed by atoms with Crippen molar-refractivity contribution in [2.24, 2.45) is 7.05 Å². The van der Waals surface area contributed by atoms with Crippen LogP contribution in [0.3, 0.4) is 0 Å². The lowest BCUT2D eigenvalue weighted by atomic mass is 10.1. The molecule has 2 aliphatic rings. The number of nitrogens with zero attached hydrogens (tertiary/aromatic N) is 9. The monoisotopic (exact) mass is 623 g/mol. The Bertz CT molecular complexity index is 1800. The predicted octanol–water partition coefficient (Wildman–Crippen LogP) is 3.19. The van der Waals surface area contributed by atoms with Crippen molar-refractivity contribution in [3.05, 3.63) is 70.5 Å². The zero-order valence-corrected chi connectivity index (χ0v) is 24.7. The number of fused-ring (bicyclic) bond motifs is 1. The van der Waals surface area contributed by atoms with E-state index in [1.165, 1.54) is 10.9 Å². The highest BCUT2D eigenvalue weighted by Gasteiger charge is 2.27. The van der Waals surface area contributed by atoms with Gasteiger partial charge < -0.3 is 14.0 Å². The quantitative estimate of drug-likeness (QED) is 0.247. The predicted molar refractivity (Wildman–Crippen MR) is 154 cm³/mol. The fraction of sp³-hybridized carbons (Fsp3) is 0.414. The van der Waals surface area contributed by atoms with Crippen LogP contribution in [0, 0.1) is 11.6 Å². The van der Waals surface area contributed by atoms with Gasteiger partial charge in [-0.1, -0.05) is 22.5 Å². The molecule has 1 atom stereocenters. The van der Waals surface area contributed by atoms with E-state index in [0.29, 0.717) is 48.0 Å². The minimum Gasteiger partial charge on any atom is -0.472 e. The number of hydrogen-bond donors (Lipinski definition) is 1. The highest BCUT2D eigenvalue weighted by atomic mass is 35.5. The number of H-pyrrole nitrogens is 1. The number of pyridine rings is 1. The maximum Gasteiger partial charge on any atom is 0.356 e. The lowest BCUT2D eigenvalue weighted by Gasteiger charge is -2.32. The fourth-order valence-electron chi connectivity index (χ4n) is 5.50. The van der Waals surface area contributed by atoms with Gasteiger partial charge in [0.15, 0.2) is 0 Å². The summed E-state index contributed by atoms with van der Waals surface area (Å²) in [5.74, 6) is 0.466. The molecular weight excluding hydrogens is 594 g/mol. The van der Waals surface area contributed by atoms with E-state index in [1.54, 1.807) is 19.2 Å². The van der Waals surface area contributed by atoms with Crippen molar-refractivity contribution in [3.63, 3.8) is 0 Å². The average molecular weight is 624 g/mol. The van der Waals surface area contributed by atoms with Crippen LogP contribution in [0.1, 0.15) is 36.5 Å². The van der Waals surface area contributed by atoms with Gasteiger partial charge in [-0.05, 0) is 53.3 Å². The third-order valence-corrected chi connectivity index (χ3v) is 8.21. The second-order valence-corrected chi connectivity index (χ2v) is 11.5. The number of benzene rings is 1. The van der Waals surface area contributed by atoms with Crippen LogP contribution in [0.15, 0.2) is 36.7 Å². The molecule has 0 saturated carbocycles. The largest absolute Gasteiger partial charge is 0.472 e. The Labute approximate surface area is 256 Å². The Balaban J connectivity index is 1.02. The number of aryl methyl sites for hydroxylation is 1. The first-order chi connectivity index (χ1) is 21.4. The number of aromatic nitrogens is 9. The minimum absolute atomic E-state index is 0.0960. The molecule has 0 bridgehead atoms. The Morgan fingerprint density at radius 3 is 2.66 bits per heavy atom. The molecule has 0 aliphatic carbocycles. The molecule has 7 rings (SSSR count). The SMILES string of the molecule is C[n+]1nc(-c2cc3nc(CN4CCC(Oc5nc(Cc6ccc(Cl)cc6F)ncc5F)CC4)n(C[C@@H]4CCO4)c3cn2)n[nH]1. The lowest BCUT2D eigenvalue weighted by Crippen LogP contribution is -2.39. The van der Waals surface area contributed by atoms with Gasteiger partial charge in [-0.2, -0.15) is 9.37 Å². The molecule has 2 saturated heterocycles. The number of tetrazole rings is 1. The molecule has 2 aliphatic heterocycles. The Morgan fingerprint density at radius 2 is 1.93 bits per heavy atom. The van der Waals surface area contributed by atoms with Crippen molar-refractivity contribution in [3.8, 4) is 17.4 Å². The molecule has 5 aromatic rings. The van der Waals surface area contributed by atoms with E-state index in [9.17, 15) is 8.78 Å². The van der Waals surface area contributed by atoms with Crippen molar-refractivity contribution in [1.82, 2.24) is 44.8 Å². The van der Waals surface area contributed by atoms with Crippen LogP contribution in [0.2, 0.25) is 5.02 Å². The highest BCUT2D eigenvalue weighted by Crippen LogP contribution is 2.26. The van der Waals surface area contributed by atoms with Crippen LogP contribution in [0.4, 0.5) is 8.78 Å². The summed E-state index contributed by atoms with van der Waals surface area (Å²) >= 11 is 5.85. The normalized spacial score (nSPS) is 17.7. The molecule has 6 heterocycles. The molecule has 12 nitrogen and oxygen atoms in total. The van der Waals surface area contributed by atoms with Gasteiger partial charge in [0.1, 0.15) is 36.3 Å². The standard InChI is InChI=1S/C29H29ClF2N10O2/c1-40-38-28(37-39-40)24-12-23-25(14-33-24)42(15-20-6-9-43-20)27(35-23)16-41-7-4-19(5-8-41)44-29-22(32)13-34-26(36-29)10-17-2-3-18(30)11-21(17)31/h2-3,11-14,19-20H,4-10,15-16H2,1H3/p+1/t20-/m0/s1. The number of halogens is 3. The zero-order valence-electron chi connectivity index (χ0n) is 24.0. The van der Waals surface area contributed by atoms with Gasteiger partial charge >= 0.3 is 5.82 Å². The van der Waals surface area contributed by atoms with Crippen LogP contribution in [0.25, 0.3) is 22.6 Å². The van der Waals surface area contributed by atoms with Gasteiger partial charge in [-0.3, -0.25) is 4.90 Å². The molecular formula is C29H30ClF2N10O2+. The van der Waals surface area contributed by atoms with E-state index in [-0.39, 0.29) is 30.3 Å².